The van der Waals surface area contributed by atoms with Crippen LogP contribution in [-0.4, -0.2) is 24.3 Å². The van der Waals surface area contributed by atoms with E-state index in [2.05, 4.69) is 15.0 Å². The summed E-state index contributed by atoms with van der Waals surface area (Å²) < 4.78 is 27.6. The first-order chi connectivity index (χ1) is 13.2. The van der Waals surface area contributed by atoms with Crippen LogP contribution in [-0.2, 0) is 0 Å². The number of benzene rings is 1. The number of hydrogen-bond acceptors (Lipinski definition) is 3. The first-order valence-corrected chi connectivity index (χ1v) is 8.36. The van der Waals surface area contributed by atoms with E-state index in [1.807, 2.05) is 48.7 Å². The Morgan fingerprint density at radius 1 is 0.926 bits per heavy atom. The van der Waals surface area contributed by atoms with Gasteiger partial charge < -0.3 is 4.98 Å². The molecule has 4 aromatic heterocycles. The number of nitrogens with one attached hydrogen (secondary N) is 1. The standard InChI is InChI=1S/C20H13F2N5/c21-20(22)17-11-27-18(9-25-19(27)10-24-17)16-6-2-5-15(26-16)12-3-1-4-14-13(12)7-8-23-14/h1-11,20,23H. The Balaban J connectivity index is 1.67. The fraction of sp³-hybridized carbons (Fsp3) is 0.0500. The highest BCUT2D eigenvalue weighted by Gasteiger charge is 2.14. The van der Waals surface area contributed by atoms with E-state index in [0.717, 1.165) is 22.2 Å². The van der Waals surface area contributed by atoms with Crippen molar-refractivity contribution < 1.29 is 8.78 Å². The molecule has 0 unspecified atom stereocenters. The Labute approximate surface area is 152 Å². The highest BCUT2D eigenvalue weighted by atomic mass is 19.3. The van der Waals surface area contributed by atoms with Crippen LogP contribution in [0.3, 0.4) is 0 Å². The van der Waals surface area contributed by atoms with Crippen molar-refractivity contribution in [3.05, 3.63) is 72.9 Å². The van der Waals surface area contributed by atoms with Gasteiger partial charge in [0.2, 0.25) is 0 Å². The molecule has 5 aromatic rings. The van der Waals surface area contributed by atoms with Gasteiger partial charge in [-0.2, -0.15) is 0 Å². The van der Waals surface area contributed by atoms with Gasteiger partial charge in [0, 0.05) is 28.9 Å². The largest absolute Gasteiger partial charge is 0.361 e. The van der Waals surface area contributed by atoms with Crippen molar-refractivity contribution in [1.82, 2.24) is 24.3 Å². The van der Waals surface area contributed by atoms with Gasteiger partial charge in [0.1, 0.15) is 5.69 Å². The monoisotopic (exact) mass is 361 g/mol. The molecule has 1 aromatic carbocycles. The van der Waals surface area contributed by atoms with E-state index in [1.54, 1.807) is 10.6 Å². The zero-order chi connectivity index (χ0) is 18.4. The van der Waals surface area contributed by atoms with Crippen LogP contribution in [0.4, 0.5) is 8.78 Å². The smallest absolute Gasteiger partial charge is 0.281 e. The molecule has 7 heteroatoms. The van der Waals surface area contributed by atoms with E-state index in [-0.39, 0.29) is 5.69 Å². The quantitative estimate of drug-likeness (QED) is 0.498. The summed E-state index contributed by atoms with van der Waals surface area (Å²) >= 11 is 0. The lowest BCUT2D eigenvalue weighted by Crippen LogP contribution is -1.97. The van der Waals surface area contributed by atoms with Crippen molar-refractivity contribution >= 4 is 16.6 Å². The summed E-state index contributed by atoms with van der Waals surface area (Å²) in [6.07, 6.45) is 3.52. The molecular formula is C20H13F2N5. The topological polar surface area (TPSA) is 58.9 Å². The van der Waals surface area contributed by atoms with Crippen LogP contribution in [0.1, 0.15) is 12.1 Å². The van der Waals surface area contributed by atoms with E-state index < -0.39 is 6.43 Å². The Morgan fingerprint density at radius 3 is 2.67 bits per heavy atom. The van der Waals surface area contributed by atoms with Gasteiger partial charge in [0.25, 0.3) is 6.43 Å². The van der Waals surface area contributed by atoms with Gasteiger partial charge >= 0.3 is 0 Å². The molecule has 0 aliphatic carbocycles. The van der Waals surface area contributed by atoms with Crippen LogP contribution in [0.25, 0.3) is 39.2 Å². The molecule has 0 saturated heterocycles. The predicted octanol–water partition coefficient (Wildman–Crippen LogP) is 4.88. The summed E-state index contributed by atoms with van der Waals surface area (Å²) in [6, 6.07) is 13.7. The third kappa shape index (κ3) is 2.55. The highest BCUT2D eigenvalue weighted by Crippen LogP contribution is 2.29. The van der Waals surface area contributed by atoms with Gasteiger partial charge in [-0.3, -0.25) is 4.40 Å². The number of halogens is 2. The van der Waals surface area contributed by atoms with Gasteiger partial charge in [-0.25, -0.2) is 23.7 Å². The number of pyridine rings is 1. The number of fused-ring (bicyclic) bond motifs is 2. The second-order valence-electron chi connectivity index (χ2n) is 6.14. The minimum atomic E-state index is -2.64. The van der Waals surface area contributed by atoms with Gasteiger partial charge in [0.05, 0.1) is 29.5 Å². The van der Waals surface area contributed by atoms with E-state index in [4.69, 9.17) is 4.98 Å². The maximum atomic E-state index is 13.0. The summed E-state index contributed by atoms with van der Waals surface area (Å²) in [6.45, 7) is 0. The number of imidazole rings is 1. The summed E-state index contributed by atoms with van der Waals surface area (Å²) in [5, 5.41) is 1.07. The maximum absolute atomic E-state index is 13.0. The molecule has 27 heavy (non-hydrogen) atoms. The average molecular weight is 361 g/mol. The molecule has 0 fully saturated rings. The molecule has 0 atom stereocenters. The molecule has 1 N–H and O–H groups in total. The SMILES string of the molecule is FC(F)c1cn2c(-c3cccc(-c4cccc5[nH]ccc45)n3)cnc2cn1. The second-order valence-corrected chi connectivity index (χ2v) is 6.14. The van der Waals surface area contributed by atoms with Gasteiger partial charge in [0.15, 0.2) is 5.65 Å². The summed E-state index contributed by atoms with van der Waals surface area (Å²) in [5.41, 5.74) is 4.32. The maximum Gasteiger partial charge on any atom is 0.281 e. The molecule has 5 rings (SSSR count). The molecule has 0 amide bonds. The lowest BCUT2D eigenvalue weighted by Gasteiger charge is -2.07. The van der Waals surface area contributed by atoms with Crippen LogP contribution in [0.5, 0.6) is 0 Å². The summed E-state index contributed by atoms with van der Waals surface area (Å²) in [4.78, 5) is 15.9. The normalized spacial score (nSPS) is 11.7. The molecule has 132 valence electrons. The second kappa shape index (κ2) is 5.98. The molecule has 0 saturated carbocycles. The molecule has 0 radical (unpaired) electrons. The number of H-pyrrole nitrogens is 1. The van der Waals surface area contributed by atoms with E-state index in [1.165, 1.54) is 12.4 Å². The van der Waals surface area contributed by atoms with Crippen LogP contribution in [0.15, 0.2) is 67.3 Å². The highest BCUT2D eigenvalue weighted by molar-refractivity contribution is 5.94. The number of nitrogens with zero attached hydrogens (tertiary/aromatic N) is 4. The van der Waals surface area contributed by atoms with Crippen LogP contribution < -0.4 is 0 Å². The molecule has 0 aliphatic heterocycles. The van der Waals surface area contributed by atoms with Crippen molar-refractivity contribution in [2.24, 2.45) is 0 Å². The summed E-state index contributed by atoms with van der Waals surface area (Å²) in [5.74, 6) is 0. The third-order valence-corrected chi connectivity index (χ3v) is 4.52. The van der Waals surface area contributed by atoms with Crippen molar-refractivity contribution in [3.63, 3.8) is 0 Å². The molecule has 0 bridgehead atoms. The molecule has 0 spiro atoms. The van der Waals surface area contributed by atoms with Crippen LogP contribution >= 0.6 is 0 Å². The van der Waals surface area contributed by atoms with Gasteiger partial charge in [-0.05, 0) is 24.3 Å². The lowest BCUT2D eigenvalue weighted by molar-refractivity contribution is 0.145. The fourth-order valence-electron chi connectivity index (χ4n) is 3.24. The first kappa shape index (κ1) is 15.6. The zero-order valence-corrected chi connectivity index (χ0v) is 14.0. The number of rotatable bonds is 3. The van der Waals surface area contributed by atoms with E-state index in [9.17, 15) is 8.78 Å². The molecule has 5 nitrogen and oxygen atoms in total. The van der Waals surface area contributed by atoms with Crippen LogP contribution in [0.2, 0.25) is 0 Å². The van der Waals surface area contributed by atoms with Crippen molar-refractivity contribution in [2.75, 3.05) is 0 Å². The van der Waals surface area contributed by atoms with Gasteiger partial charge in [-0.15, -0.1) is 0 Å². The molecule has 0 aliphatic rings. The average Bonchev–Trinajstić information content (AvgIpc) is 3.34. The minimum Gasteiger partial charge on any atom is -0.361 e. The third-order valence-electron chi connectivity index (χ3n) is 4.52. The first-order valence-electron chi connectivity index (χ1n) is 8.36. The summed E-state index contributed by atoms with van der Waals surface area (Å²) in [7, 11) is 0. The predicted molar refractivity (Wildman–Crippen MR) is 98.5 cm³/mol. The minimum absolute atomic E-state index is 0.296. The van der Waals surface area contributed by atoms with E-state index in [0.29, 0.717) is 17.0 Å². The Bertz CT molecular complexity index is 1270. The fourth-order valence-corrected chi connectivity index (χ4v) is 3.24. The number of aromatic amines is 1. The Kier molecular flexibility index (Phi) is 3.46. The van der Waals surface area contributed by atoms with Crippen molar-refractivity contribution in [3.8, 4) is 22.6 Å². The molecular weight excluding hydrogens is 348 g/mol. The number of aromatic nitrogens is 5. The Hall–Kier alpha value is -3.61. The molecule has 4 heterocycles. The van der Waals surface area contributed by atoms with Crippen molar-refractivity contribution in [2.45, 2.75) is 6.43 Å². The van der Waals surface area contributed by atoms with Crippen molar-refractivity contribution in [1.29, 1.82) is 0 Å². The number of alkyl halides is 2. The Morgan fingerprint density at radius 2 is 1.78 bits per heavy atom. The lowest BCUT2D eigenvalue weighted by atomic mass is 10.1. The van der Waals surface area contributed by atoms with Gasteiger partial charge in [-0.1, -0.05) is 18.2 Å². The zero-order valence-electron chi connectivity index (χ0n) is 14.0. The van der Waals surface area contributed by atoms with E-state index >= 15 is 0 Å². The van der Waals surface area contributed by atoms with Crippen LogP contribution in [0, 0.1) is 0 Å². The number of hydrogen-bond donors (Lipinski definition) is 1.